The molecule has 1 unspecified atom stereocenters. The number of nitrogens with one attached hydrogen (secondary N) is 1. The molecule has 0 fully saturated rings. The number of carbonyl (C=O) groups excluding carboxylic acids is 2. The van der Waals surface area contributed by atoms with E-state index in [-0.39, 0.29) is 40.9 Å². The van der Waals surface area contributed by atoms with E-state index in [0.29, 0.717) is 11.3 Å². The Morgan fingerprint density at radius 2 is 2.29 bits per heavy atom. The monoisotopic (exact) mass is 356 g/mol. The summed E-state index contributed by atoms with van der Waals surface area (Å²) in [6.45, 7) is 3.08. The van der Waals surface area contributed by atoms with Crippen LogP contribution in [0.25, 0.3) is 0 Å². The van der Waals surface area contributed by atoms with Gasteiger partial charge in [0.1, 0.15) is 18.2 Å². The lowest BCUT2D eigenvalue weighted by Gasteiger charge is -2.20. The van der Waals surface area contributed by atoms with Gasteiger partial charge < -0.3 is 4.74 Å². The molecular formula is C14H14BrFN2O3. The van der Waals surface area contributed by atoms with Gasteiger partial charge in [0.2, 0.25) is 5.91 Å². The largest absolute Gasteiger partial charge is 0.485 e. The summed E-state index contributed by atoms with van der Waals surface area (Å²) in [5.41, 5.74) is 3.13. The van der Waals surface area contributed by atoms with Crippen molar-refractivity contribution in [2.45, 2.75) is 20.3 Å². The van der Waals surface area contributed by atoms with E-state index in [4.69, 9.17) is 4.74 Å². The van der Waals surface area contributed by atoms with Crippen LogP contribution >= 0.6 is 15.9 Å². The van der Waals surface area contributed by atoms with Crippen LogP contribution in [0.2, 0.25) is 0 Å². The van der Waals surface area contributed by atoms with E-state index in [9.17, 15) is 14.0 Å². The molecule has 1 aliphatic heterocycles. The molecule has 1 heterocycles. The average Bonchev–Trinajstić information content (AvgIpc) is 2.41. The molecule has 0 saturated carbocycles. The van der Waals surface area contributed by atoms with Gasteiger partial charge in [-0.05, 0) is 35.0 Å². The fourth-order valence-electron chi connectivity index (χ4n) is 2.00. The van der Waals surface area contributed by atoms with Crippen LogP contribution in [-0.4, -0.2) is 24.0 Å². The highest BCUT2D eigenvalue weighted by Crippen LogP contribution is 2.32. The lowest BCUT2D eigenvalue weighted by Crippen LogP contribution is -2.32. The van der Waals surface area contributed by atoms with Crippen molar-refractivity contribution in [2.75, 3.05) is 6.61 Å². The Hall–Kier alpha value is -1.76. The second kappa shape index (κ2) is 6.34. The number of hydrogen-bond donors (Lipinski definition) is 1. The Bertz CT molecular complexity index is 631. The maximum Gasteiger partial charge on any atom is 0.240 e. The summed E-state index contributed by atoms with van der Waals surface area (Å²) < 4.78 is 19.8. The van der Waals surface area contributed by atoms with Gasteiger partial charge in [0.05, 0.1) is 10.2 Å². The summed E-state index contributed by atoms with van der Waals surface area (Å²) >= 11 is 3.13. The van der Waals surface area contributed by atoms with Crippen LogP contribution in [0.1, 0.15) is 25.8 Å². The maximum absolute atomic E-state index is 14.4. The normalized spacial score (nSPS) is 18.0. The number of hydrogen-bond acceptors (Lipinski definition) is 4. The zero-order chi connectivity index (χ0) is 15.6. The minimum Gasteiger partial charge on any atom is -0.485 e. The van der Waals surface area contributed by atoms with E-state index in [1.807, 2.05) is 6.92 Å². The third-order valence-electron chi connectivity index (χ3n) is 3.01. The summed E-state index contributed by atoms with van der Waals surface area (Å²) in [6.07, 6.45) is 0.262. The number of ether oxygens (including phenoxy) is 1. The van der Waals surface area contributed by atoms with Gasteiger partial charge in [0, 0.05) is 17.9 Å². The van der Waals surface area contributed by atoms with Crippen LogP contribution in [0.4, 0.5) is 4.39 Å². The van der Waals surface area contributed by atoms with Crippen LogP contribution < -0.4 is 10.2 Å². The van der Waals surface area contributed by atoms with Gasteiger partial charge >= 0.3 is 0 Å². The minimum atomic E-state index is -0.530. The first-order valence-electron chi connectivity index (χ1n) is 6.37. The number of Topliss-reactive ketones (excluding diaryl/α,β-unsaturated/α-hetero) is 1. The topological polar surface area (TPSA) is 67.8 Å². The van der Waals surface area contributed by atoms with Gasteiger partial charge in [0.25, 0.3) is 0 Å². The van der Waals surface area contributed by atoms with Crippen molar-refractivity contribution in [3.63, 3.8) is 0 Å². The van der Waals surface area contributed by atoms with E-state index in [1.165, 1.54) is 13.0 Å². The summed E-state index contributed by atoms with van der Waals surface area (Å²) in [4.78, 5) is 22.1. The molecule has 0 bridgehead atoms. The van der Waals surface area contributed by atoms with Crippen molar-refractivity contribution in [3.05, 3.63) is 28.0 Å². The Morgan fingerprint density at radius 1 is 1.57 bits per heavy atom. The van der Waals surface area contributed by atoms with Crippen LogP contribution in [0, 0.1) is 11.7 Å². The smallest absolute Gasteiger partial charge is 0.240 e. The standard InChI is InChI=1S/C14H14BrFN2O3/c1-7-5-11(20)17-18-14(7)9-3-4-10(12(15)13(9)16)21-6-8(2)19/h3-4,7H,5-6H2,1-2H3,(H,17,20). The Balaban J connectivity index is 2.32. The molecule has 112 valence electrons. The fraction of sp³-hybridized carbons (Fsp3) is 0.357. The number of hydrazone groups is 1. The number of nitrogens with zero attached hydrogens (tertiary/aromatic N) is 1. The summed E-state index contributed by atoms with van der Waals surface area (Å²) in [6, 6.07) is 3.10. The third kappa shape index (κ3) is 3.47. The lowest BCUT2D eigenvalue weighted by molar-refractivity contribution is -0.122. The minimum absolute atomic E-state index is 0.120. The van der Waals surface area contributed by atoms with Gasteiger partial charge in [-0.25, -0.2) is 9.82 Å². The molecule has 7 heteroatoms. The molecule has 21 heavy (non-hydrogen) atoms. The second-order valence-corrected chi connectivity index (χ2v) is 5.66. The summed E-state index contributed by atoms with van der Waals surface area (Å²) in [5.74, 6) is -0.798. The van der Waals surface area contributed by atoms with Crippen LogP contribution in [0.15, 0.2) is 21.7 Å². The summed E-state index contributed by atoms with van der Waals surface area (Å²) in [7, 11) is 0. The van der Waals surface area contributed by atoms with E-state index < -0.39 is 5.82 Å². The molecule has 0 radical (unpaired) electrons. The number of benzene rings is 1. The maximum atomic E-state index is 14.4. The molecule has 0 spiro atoms. The van der Waals surface area contributed by atoms with Crippen LogP contribution in [0.3, 0.4) is 0 Å². The molecule has 0 aromatic heterocycles. The van der Waals surface area contributed by atoms with Gasteiger partial charge in [-0.2, -0.15) is 5.10 Å². The zero-order valence-electron chi connectivity index (χ0n) is 11.6. The van der Waals surface area contributed by atoms with Gasteiger partial charge in [-0.1, -0.05) is 6.92 Å². The van der Waals surface area contributed by atoms with Gasteiger partial charge in [-0.3, -0.25) is 9.59 Å². The van der Waals surface area contributed by atoms with E-state index in [0.717, 1.165) is 0 Å². The van der Waals surface area contributed by atoms with E-state index >= 15 is 0 Å². The number of halogens is 2. The molecule has 1 N–H and O–H groups in total. The molecule has 1 amide bonds. The molecule has 2 rings (SSSR count). The average molecular weight is 357 g/mol. The highest BCUT2D eigenvalue weighted by Gasteiger charge is 2.25. The first kappa shape index (κ1) is 15.6. The molecular weight excluding hydrogens is 343 g/mol. The van der Waals surface area contributed by atoms with E-state index in [2.05, 4.69) is 26.5 Å². The second-order valence-electron chi connectivity index (χ2n) is 4.87. The van der Waals surface area contributed by atoms with Crippen molar-refractivity contribution in [1.29, 1.82) is 0 Å². The van der Waals surface area contributed by atoms with Gasteiger partial charge in [-0.15, -0.1) is 0 Å². The van der Waals surface area contributed by atoms with Crippen molar-refractivity contribution < 1.29 is 18.7 Å². The molecule has 1 aromatic rings. The molecule has 1 aliphatic rings. The Kier molecular flexibility index (Phi) is 4.72. The Morgan fingerprint density at radius 3 is 2.90 bits per heavy atom. The molecule has 0 aliphatic carbocycles. The fourth-order valence-corrected chi connectivity index (χ4v) is 2.46. The zero-order valence-corrected chi connectivity index (χ0v) is 13.2. The SMILES string of the molecule is CC(=O)COc1ccc(C2=NNC(=O)CC2C)c(F)c1Br. The molecule has 1 atom stereocenters. The highest BCUT2D eigenvalue weighted by molar-refractivity contribution is 9.10. The summed E-state index contributed by atoms with van der Waals surface area (Å²) in [5, 5.41) is 3.93. The number of rotatable bonds is 4. The first-order valence-corrected chi connectivity index (χ1v) is 7.16. The van der Waals surface area contributed by atoms with E-state index in [1.54, 1.807) is 6.07 Å². The molecule has 0 saturated heterocycles. The quantitative estimate of drug-likeness (QED) is 0.900. The lowest BCUT2D eigenvalue weighted by atomic mass is 9.94. The number of ketones is 1. The van der Waals surface area contributed by atoms with Crippen molar-refractivity contribution in [1.82, 2.24) is 5.43 Å². The Labute approximate surface area is 129 Å². The molecule has 5 nitrogen and oxygen atoms in total. The predicted octanol–water partition coefficient (Wildman–Crippen LogP) is 2.42. The number of carbonyl (C=O) groups is 2. The van der Waals surface area contributed by atoms with Crippen molar-refractivity contribution in [3.8, 4) is 5.75 Å². The van der Waals surface area contributed by atoms with Crippen LogP contribution in [0.5, 0.6) is 5.75 Å². The predicted molar refractivity (Wildman–Crippen MR) is 78.7 cm³/mol. The van der Waals surface area contributed by atoms with Gasteiger partial charge in [0.15, 0.2) is 5.78 Å². The number of amides is 1. The molecule has 1 aromatic carbocycles. The first-order chi connectivity index (χ1) is 9.90. The van der Waals surface area contributed by atoms with Crippen molar-refractivity contribution >= 4 is 33.3 Å². The van der Waals surface area contributed by atoms with Crippen molar-refractivity contribution in [2.24, 2.45) is 11.0 Å². The highest BCUT2D eigenvalue weighted by atomic mass is 79.9. The van der Waals surface area contributed by atoms with Crippen LogP contribution in [-0.2, 0) is 9.59 Å². The third-order valence-corrected chi connectivity index (χ3v) is 3.75.